The highest BCUT2D eigenvalue weighted by atomic mass is 19.2. The second-order valence-corrected chi connectivity index (χ2v) is 10.3. The molecule has 13 heteroatoms. The first kappa shape index (κ1) is 26.1. The van der Waals surface area contributed by atoms with Gasteiger partial charge in [-0.25, -0.2) is 23.4 Å². The van der Waals surface area contributed by atoms with E-state index >= 15 is 0 Å². The molecule has 2 aliphatic heterocycles. The van der Waals surface area contributed by atoms with E-state index in [2.05, 4.69) is 25.5 Å². The molecular formula is C27H30F2N8O3. The zero-order valence-corrected chi connectivity index (χ0v) is 22.0. The maximum Gasteiger partial charge on any atom is 0.327 e. The second kappa shape index (κ2) is 10.8. The van der Waals surface area contributed by atoms with Crippen LogP contribution in [0.5, 0.6) is 0 Å². The number of hydrogen-bond acceptors (Lipinski definition) is 6. The van der Waals surface area contributed by atoms with E-state index in [4.69, 9.17) is 4.74 Å². The fourth-order valence-corrected chi connectivity index (χ4v) is 5.97. The number of urea groups is 1. The zero-order valence-electron chi connectivity index (χ0n) is 22.0. The highest BCUT2D eigenvalue weighted by Crippen LogP contribution is 2.35. The molecule has 0 spiro atoms. The molecule has 2 atom stereocenters. The van der Waals surface area contributed by atoms with Crippen molar-refractivity contribution in [1.29, 1.82) is 0 Å². The standard InChI is InChI=1S/C27H30F2N8O3/c1-40-15-22-33-34-25-20(8-7-16(14-36(22)25)18-4-2-5-19(28)23(18)29)31-26(38)35-12-9-17(10-13-35)37-21-6-3-11-30-24(21)32-27(37)39/h2-6,11,16-17,20H,7-10,12-15H2,1H3,(H,31,38)(H,30,32,39)/t16-,20-/m1/s1. The van der Waals surface area contributed by atoms with Gasteiger partial charge in [0, 0.05) is 44.9 Å². The number of piperidine rings is 1. The Kier molecular flexibility index (Phi) is 7.05. The minimum atomic E-state index is -0.887. The Morgan fingerprint density at radius 1 is 1.12 bits per heavy atom. The number of ether oxygens (including phenoxy) is 1. The monoisotopic (exact) mass is 552 g/mol. The number of aromatic amines is 1. The Hall–Kier alpha value is -4.13. The van der Waals surface area contributed by atoms with Crippen molar-refractivity contribution in [1.82, 2.24) is 39.5 Å². The van der Waals surface area contributed by atoms with E-state index in [1.807, 2.05) is 10.6 Å². The Balaban J connectivity index is 1.18. The molecule has 2 aliphatic rings. The number of carbonyl (C=O) groups is 1. The van der Waals surface area contributed by atoms with Crippen molar-refractivity contribution in [2.45, 2.75) is 56.8 Å². The summed E-state index contributed by atoms with van der Waals surface area (Å²) in [5.41, 5.74) is 1.39. The maximum absolute atomic E-state index is 14.7. The normalized spacial score (nSPS) is 19.9. The molecule has 0 radical (unpaired) electrons. The number of carbonyl (C=O) groups excluding carboxylic acids is 1. The first-order valence-corrected chi connectivity index (χ1v) is 13.4. The third kappa shape index (κ3) is 4.74. The van der Waals surface area contributed by atoms with Crippen molar-refractivity contribution in [2.24, 2.45) is 0 Å². The molecule has 0 bridgehead atoms. The topological polar surface area (TPSA) is 123 Å². The minimum absolute atomic E-state index is 0.0472. The van der Waals surface area contributed by atoms with Gasteiger partial charge in [-0.3, -0.25) is 9.55 Å². The van der Waals surface area contributed by atoms with E-state index in [1.165, 1.54) is 6.07 Å². The molecule has 0 aliphatic carbocycles. The molecule has 1 saturated heterocycles. The first-order chi connectivity index (χ1) is 19.4. The average molecular weight is 553 g/mol. The van der Waals surface area contributed by atoms with Crippen LogP contribution in [0.2, 0.25) is 0 Å². The number of fused-ring (bicyclic) bond motifs is 2. The van der Waals surface area contributed by atoms with Crippen LogP contribution in [-0.2, 0) is 17.9 Å². The first-order valence-electron chi connectivity index (χ1n) is 13.4. The predicted molar refractivity (Wildman–Crippen MR) is 141 cm³/mol. The number of rotatable bonds is 5. The van der Waals surface area contributed by atoms with Crippen LogP contribution in [0.4, 0.5) is 13.6 Å². The summed E-state index contributed by atoms with van der Waals surface area (Å²) in [5, 5.41) is 11.7. The summed E-state index contributed by atoms with van der Waals surface area (Å²) in [4.78, 5) is 34.7. The number of nitrogens with one attached hydrogen (secondary N) is 2. The number of aromatic nitrogens is 6. The van der Waals surface area contributed by atoms with Gasteiger partial charge < -0.3 is 19.5 Å². The van der Waals surface area contributed by atoms with Crippen LogP contribution < -0.4 is 11.0 Å². The third-order valence-corrected chi connectivity index (χ3v) is 7.97. The summed E-state index contributed by atoms with van der Waals surface area (Å²) in [6.07, 6.45) is 3.87. The van der Waals surface area contributed by atoms with Gasteiger partial charge in [-0.2, -0.15) is 0 Å². The fourth-order valence-electron chi connectivity index (χ4n) is 5.97. The zero-order chi connectivity index (χ0) is 27.8. The summed E-state index contributed by atoms with van der Waals surface area (Å²) < 4.78 is 37.6. The molecule has 11 nitrogen and oxygen atoms in total. The Morgan fingerprint density at radius 3 is 2.75 bits per heavy atom. The van der Waals surface area contributed by atoms with Crippen LogP contribution in [0.1, 0.15) is 60.9 Å². The van der Waals surface area contributed by atoms with Crippen LogP contribution in [0.3, 0.4) is 0 Å². The maximum atomic E-state index is 14.7. The Morgan fingerprint density at radius 2 is 1.95 bits per heavy atom. The van der Waals surface area contributed by atoms with Crippen molar-refractivity contribution >= 4 is 17.2 Å². The van der Waals surface area contributed by atoms with Crippen LogP contribution in [0, 0.1) is 11.6 Å². The molecule has 40 heavy (non-hydrogen) atoms. The molecule has 6 rings (SSSR count). The van der Waals surface area contributed by atoms with Gasteiger partial charge in [0.2, 0.25) is 0 Å². The molecule has 1 aromatic carbocycles. The van der Waals surface area contributed by atoms with Gasteiger partial charge in [0.25, 0.3) is 0 Å². The van der Waals surface area contributed by atoms with Crippen molar-refractivity contribution < 1.29 is 18.3 Å². The van der Waals surface area contributed by atoms with E-state index in [1.54, 1.807) is 34.9 Å². The summed E-state index contributed by atoms with van der Waals surface area (Å²) in [6, 6.07) is 7.12. The van der Waals surface area contributed by atoms with E-state index in [0.29, 0.717) is 68.2 Å². The van der Waals surface area contributed by atoms with Crippen molar-refractivity contribution in [3.05, 3.63) is 75.9 Å². The number of halogens is 2. The summed E-state index contributed by atoms with van der Waals surface area (Å²) in [5.74, 6) is -0.955. The molecule has 0 saturated carbocycles. The second-order valence-electron chi connectivity index (χ2n) is 10.3. The number of pyridine rings is 1. The lowest BCUT2D eigenvalue weighted by atomic mass is 9.93. The molecule has 2 amide bonds. The predicted octanol–water partition coefficient (Wildman–Crippen LogP) is 3.41. The van der Waals surface area contributed by atoms with Gasteiger partial charge in [0.1, 0.15) is 6.61 Å². The lowest BCUT2D eigenvalue weighted by Gasteiger charge is -2.33. The highest BCUT2D eigenvalue weighted by Gasteiger charge is 2.33. The molecule has 4 aromatic rings. The van der Waals surface area contributed by atoms with Gasteiger partial charge in [-0.05, 0) is 49.4 Å². The van der Waals surface area contributed by atoms with Crippen molar-refractivity contribution in [3.63, 3.8) is 0 Å². The molecule has 1 fully saturated rings. The molecule has 3 aromatic heterocycles. The van der Waals surface area contributed by atoms with Gasteiger partial charge in [0.15, 0.2) is 28.9 Å². The van der Waals surface area contributed by atoms with Crippen LogP contribution in [0.15, 0.2) is 41.3 Å². The van der Waals surface area contributed by atoms with E-state index < -0.39 is 17.7 Å². The SMILES string of the molecule is COCc1nnc2n1C[C@H](c1cccc(F)c1F)CC[C@H]2NC(=O)N1CCC(n2c(=O)[nH]c3ncccc32)CC1. The molecule has 2 N–H and O–H groups in total. The van der Waals surface area contributed by atoms with Gasteiger partial charge in [-0.15, -0.1) is 10.2 Å². The molecule has 5 heterocycles. The third-order valence-electron chi connectivity index (χ3n) is 7.97. The number of imidazole rings is 1. The lowest BCUT2D eigenvalue weighted by molar-refractivity contribution is 0.167. The molecule has 210 valence electrons. The van der Waals surface area contributed by atoms with Crippen molar-refractivity contribution in [2.75, 3.05) is 20.2 Å². The van der Waals surface area contributed by atoms with E-state index in [0.717, 1.165) is 11.6 Å². The molecular weight excluding hydrogens is 522 g/mol. The molecule has 0 unspecified atom stereocenters. The van der Waals surface area contributed by atoms with E-state index in [9.17, 15) is 18.4 Å². The minimum Gasteiger partial charge on any atom is -0.377 e. The van der Waals surface area contributed by atoms with E-state index in [-0.39, 0.29) is 30.3 Å². The van der Waals surface area contributed by atoms with Crippen LogP contribution in [-0.4, -0.2) is 60.4 Å². The number of amides is 2. The van der Waals surface area contributed by atoms with Gasteiger partial charge in [0.05, 0.1) is 11.6 Å². The van der Waals surface area contributed by atoms with Crippen molar-refractivity contribution in [3.8, 4) is 0 Å². The number of hydrogen-bond donors (Lipinski definition) is 2. The number of H-pyrrole nitrogens is 1. The Bertz CT molecular complexity index is 1590. The smallest absolute Gasteiger partial charge is 0.327 e. The summed E-state index contributed by atoms with van der Waals surface area (Å²) >= 11 is 0. The number of likely N-dealkylation sites (tertiary alicyclic amines) is 1. The fraction of sp³-hybridized carbons (Fsp3) is 0.444. The summed E-state index contributed by atoms with van der Waals surface area (Å²) in [7, 11) is 1.55. The summed E-state index contributed by atoms with van der Waals surface area (Å²) in [6.45, 7) is 1.48. The van der Waals surface area contributed by atoms with Crippen LogP contribution in [0.25, 0.3) is 11.2 Å². The highest BCUT2D eigenvalue weighted by molar-refractivity contribution is 5.75. The average Bonchev–Trinajstić information content (AvgIpc) is 3.45. The number of benzene rings is 1. The largest absolute Gasteiger partial charge is 0.377 e. The number of methoxy groups -OCH3 is 1. The Labute approximate surface area is 228 Å². The quantitative estimate of drug-likeness (QED) is 0.391. The number of nitrogens with zero attached hydrogens (tertiary/aromatic N) is 6. The van der Waals surface area contributed by atoms with Gasteiger partial charge in [-0.1, -0.05) is 12.1 Å². The van der Waals surface area contributed by atoms with Crippen LogP contribution >= 0.6 is 0 Å². The van der Waals surface area contributed by atoms with Gasteiger partial charge >= 0.3 is 11.7 Å². The lowest BCUT2D eigenvalue weighted by Crippen LogP contribution is -2.46.